The predicted octanol–water partition coefficient (Wildman–Crippen LogP) is 4.51. The zero-order chi connectivity index (χ0) is 14.0. The minimum atomic E-state index is -0.190. The van der Waals surface area contributed by atoms with Crippen molar-refractivity contribution in [2.45, 2.75) is 19.9 Å². The Morgan fingerprint density at radius 2 is 1.84 bits per heavy atom. The summed E-state index contributed by atoms with van der Waals surface area (Å²) in [5, 5.41) is 3.27. The van der Waals surface area contributed by atoms with Crippen molar-refractivity contribution in [1.29, 1.82) is 0 Å². The first-order valence-electron chi connectivity index (χ1n) is 6.21. The standard InChI is InChI=1S/C16H17BrFN/c1-10-6-12(9-14(18)7-10)16(19-3)15-5-4-13(17)8-11(15)2/h4-9,16,19H,1-3H3. The second-order valence-corrected chi connectivity index (χ2v) is 5.70. The lowest BCUT2D eigenvalue weighted by atomic mass is 9.94. The molecule has 0 aliphatic heterocycles. The number of hydrogen-bond donors (Lipinski definition) is 1. The third kappa shape index (κ3) is 3.23. The predicted molar refractivity (Wildman–Crippen MR) is 80.9 cm³/mol. The molecule has 3 heteroatoms. The van der Waals surface area contributed by atoms with E-state index in [2.05, 4.69) is 40.3 Å². The van der Waals surface area contributed by atoms with E-state index in [-0.39, 0.29) is 11.9 Å². The van der Waals surface area contributed by atoms with Crippen LogP contribution >= 0.6 is 15.9 Å². The second kappa shape index (κ2) is 5.85. The summed E-state index contributed by atoms with van der Waals surface area (Å²) in [4.78, 5) is 0. The minimum Gasteiger partial charge on any atom is -0.309 e. The van der Waals surface area contributed by atoms with Gasteiger partial charge in [-0.25, -0.2) is 4.39 Å². The molecule has 0 amide bonds. The molecular weight excluding hydrogens is 305 g/mol. The van der Waals surface area contributed by atoms with Gasteiger partial charge in [0.1, 0.15) is 5.82 Å². The molecule has 1 nitrogen and oxygen atoms in total. The molecule has 19 heavy (non-hydrogen) atoms. The van der Waals surface area contributed by atoms with Gasteiger partial charge < -0.3 is 5.32 Å². The molecule has 0 saturated carbocycles. The van der Waals surface area contributed by atoms with Gasteiger partial charge in [0.05, 0.1) is 6.04 Å². The fourth-order valence-electron chi connectivity index (χ4n) is 2.40. The van der Waals surface area contributed by atoms with Crippen LogP contribution in [-0.4, -0.2) is 7.05 Å². The van der Waals surface area contributed by atoms with Crippen LogP contribution in [0.4, 0.5) is 4.39 Å². The Bertz CT molecular complexity index is 575. The van der Waals surface area contributed by atoms with Gasteiger partial charge in [0.15, 0.2) is 0 Å². The normalized spacial score (nSPS) is 12.5. The van der Waals surface area contributed by atoms with E-state index in [9.17, 15) is 4.39 Å². The van der Waals surface area contributed by atoms with Crippen LogP contribution in [0.1, 0.15) is 28.3 Å². The van der Waals surface area contributed by atoms with Gasteiger partial charge in [0.2, 0.25) is 0 Å². The van der Waals surface area contributed by atoms with Crippen LogP contribution in [0, 0.1) is 19.7 Å². The molecule has 100 valence electrons. The number of halogens is 2. The molecule has 0 bridgehead atoms. The molecule has 0 spiro atoms. The summed E-state index contributed by atoms with van der Waals surface area (Å²) in [7, 11) is 1.90. The Labute approximate surface area is 122 Å². The van der Waals surface area contributed by atoms with Crippen molar-refractivity contribution < 1.29 is 4.39 Å². The van der Waals surface area contributed by atoms with E-state index in [1.165, 1.54) is 5.56 Å². The SMILES string of the molecule is CNC(c1cc(C)cc(F)c1)c1ccc(Br)cc1C. The average molecular weight is 322 g/mol. The molecule has 0 fully saturated rings. The van der Waals surface area contributed by atoms with Crippen molar-refractivity contribution >= 4 is 15.9 Å². The van der Waals surface area contributed by atoms with Gasteiger partial charge in [-0.3, -0.25) is 0 Å². The highest BCUT2D eigenvalue weighted by molar-refractivity contribution is 9.10. The van der Waals surface area contributed by atoms with Crippen LogP contribution in [0.3, 0.4) is 0 Å². The smallest absolute Gasteiger partial charge is 0.123 e. The summed E-state index contributed by atoms with van der Waals surface area (Å²) in [6.45, 7) is 3.98. The molecule has 0 saturated heterocycles. The quantitative estimate of drug-likeness (QED) is 0.876. The van der Waals surface area contributed by atoms with E-state index in [0.717, 1.165) is 21.2 Å². The van der Waals surface area contributed by atoms with Gasteiger partial charge in [-0.05, 0) is 67.4 Å². The van der Waals surface area contributed by atoms with Crippen molar-refractivity contribution in [1.82, 2.24) is 5.32 Å². The van der Waals surface area contributed by atoms with E-state index >= 15 is 0 Å². The molecule has 0 radical (unpaired) electrons. The largest absolute Gasteiger partial charge is 0.309 e. The molecule has 1 unspecified atom stereocenters. The maximum atomic E-state index is 13.6. The van der Waals surface area contributed by atoms with Crippen LogP contribution < -0.4 is 5.32 Å². The number of nitrogens with one attached hydrogen (secondary N) is 1. The van der Waals surface area contributed by atoms with Crippen molar-refractivity contribution in [2.24, 2.45) is 0 Å². The summed E-state index contributed by atoms with van der Waals surface area (Å²) in [5.74, 6) is -0.190. The summed E-state index contributed by atoms with van der Waals surface area (Å²) in [6.07, 6.45) is 0. The van der Waals surface area contributed by atoms with Crippen LogP contribution in [0.25, 0.3) is 0 Å². The molecule has 1 atom stereocenters. The third-order valence-electron chi connectivity index (χ3n) is 3.23. The fraction of sp³-hybridized carbons (Fsp3) is 0.250. The van der Waals surface area contributed by atoms with Crippen molar-refractivity contribution in [3.8, 4) is 0 Å². The van der Waals surface area contributed by atoms with Gasteiger partial charge in [-0.15, -0.1) is 0 Å². The van der Waals surface area contributed by atoms with Crippen molar-refractivity contribution in [2.75, 3.05) is 7.05 Å². The lowest BCUT2D eigenvalue weighted by Crippen LogP contribution is -2.19. The first kappa shape index (κ1) is 14.2. The Kier molecular flexibility index (Phi) is 4.38. The summed E-state index contributed by atoms with van der Waals surface area (Å²) in [6, 6.07) is 11.3. The monoisotopic (exact) mass is 321 g/mol. The lowest BCUT2D eigenvalue weighted by Gasteiger charge is -2.20. The van der Waals surface area contributed by atoms with Gasteiger partial charge >= 0.3 is 0 Å². The maximum absolute atomic E-state index is 13.6. The molecule has 1 N–H and O–H groups in total. The molecule has 2 aromatic carbocycles. The van der Waals surface area contributed by atoms with Crippen LogP contribution in [0.2, 0.25) is 0 Å². The molecular formula is C16H17BrFN. The van der Waals surface area contributed by atoms with Gasteiger partial charge in [0, 0.05) is 4.47 Å². The van der Waals surface area contributed by atoms with Gasteiger partial charge in [-0.2, -0.15) is 0 Å². The second-order valence-electron chi connectivity index (χ2n) is 4.78. The van der Waals surface area contributed by atoms with E-state index in [4.69, 9.17) is 0 Å². The van der Waals surface area contributed by atoms with Crippen LogP contribution in [0.15, 0.2) is 40.9 Å². The van der Waals surface area contributed by atoms with Crippen molar-refractivity contribution in [3.63, 3.8) is 0 Å². The zero-order valence-corrected chi connectivity index (χ0v) is 12.9. The Morgan fingerprint density at radius 3 is 2.42 bits per heavy atom. The minimum absolute atomic E-state index is 0.00231. The van der Waals surface area contributed by atoms with Crippen molar-refractivity contribution in [3.05, 3.63) is 68.9 Å². The molecule has 2 aromatic rings. The molecule has 2 rings (SSSR count). The zero-order valence-electron chi connectivity index (χ0n) is 11.3. The van der Waals surface area contributed by atoms with E-state index in [0.29, 0.717) is 0 Å². The van der Waals surface area contributed by atoms with E-state index < -0.39 is 0 Å². The maximum Gasteiger partial charge on any atom is 0.123 e. The van der Waals surface area contributed by atoms with E-state index in [1.54, 1.807) is 12.1 Å². The number of aryl methyl sites for hydroxylation is 2. The Balaban J connectivity index is 2.49. The fourth-order valence-corrected chi connectivity index (χ4v) is 2.87. The average Bonchev–Trinajstić information content (AvgIpc) is 2.31. The topological polar surface area (TPSA) is 12.0 Å². The number of rotatable bonds is 3. The summed E-state index contributed by atoms with van der Waals surface area (Å²) < 4.78 is 14.6. The highest BCUT2D eigenvalue weighted by Gasteiger charge is 2.15. The summed E-state index contributed by atoms with van der Waals surface area (Å²) in [5.41, 5.74) is 4.22. The highest BCUT2D eigenvalue weighted by atomic mass is 79.9. The Hall–Kier alpha value is -1.19. The summed E-state index contributed by atoms with van der Waals surface area (Å²) >= 11 is 3.47. The number of benzene rings is 2. The molecule has 0 aliphatic carbocycles. The first-order chi connectivity index (χ1) is 9.01. The Morgan fingerprint density at radius 1 is 1.11 bits per heavy atom. The molecule has 0 aliphatic rings. The lowest BCUT2D eigenvalue weighted by molar-refractivity contribution is 0.614. The van der Waals surface area contributed by atoms with Gasteiger partial charge in [-0.1, -0.05) is 28.1 Å². The first-order valence-corrected chi connectivity index (χ1v) is 7.01. The number of hydrogen-bond acceptors (Lipinski definition) is 1. The van der Waals surface area contributed by atoms with Crippen LogP contribution in [-0.2, 0) is 0 Å². The molecule has 0 heterocycles. The van der Waals surface area contributed by atoms with Crippen LogP contribution in [0.5, 0.6) is 0 Å². The molecule has 0 aromatic heterocycles. The van der Waals surface area contributed by atoms with Gasteiger partial charge in [0.25, 0.3) is 0 Å². The van der Waals surface area contributed by atoms with E-state index in [1.807, 2.05) is 26.1 Å². The highest BCUT2D eigenvalue weighted by Crippen LogP contribution is 2.27. The third-order valence-corrected chi connectivity index (χ3v) is 3.72.